The summed E-state index contributed by atoms with van der Waals surface area (Å²) < 4.78 is 4.60. The van der Waals surface area contributed by atoms with E-state index in [2.05, 4.69) is 9.68 Å². The van der Waals surface area contributed by atoms with Crippen LogP contribution in [0.4, 0.5) is 0 Å². The normalized spacial score (nSPS) is 9.80. The van der Waals surface area contributed by atoms with Gasteiger partial charge in [0.2, 0.25) is 0 Å². The molecule has 1 aromatic heterocycles. The largest absolute Gasteiger partial charge is 0.364 e. The lowest BCUT2D eigenvalue weighted by molar-refractivity contribution is 0.0987. The minimum Gasteiger partial charge on any atom is -0.364 e. The Kier molecular flexibility index (Phi) is 1.85. The van der Waals surface area contributed by atoms with Crippen molar-refractivity contribution in [2.75, 3.05) is 0 Å². The van der Waals surface area contributed by atoms with Crippen molar-refractivity contribution in [2.24, 2.45) is 0 Å². The van der Waals surface area contributed by atoms with Gasteiger partial charge < -0.3 is 4.52 Å². The van der Waals surface area contributed by atoms with E-state index >= 15 is 0 Å². The number of hydrogen-bond acceptors (Lipinski definition) is 3. The van der Waals surface area contributed by atoms with Crippen LogP contribution in [0, 0.1) is 6.92 Å². The molecule has 0 saturated carbocycles. The van der Waals surface area contributed by atoms with E-state index in [-0.39, 0.29) is 5.78 Å². The number of aryl methyl sites for hydroxylation is 1. The molecule has 0 amide bonds. The first kappa shape index (κ1) is 6.99. The molecule has 0 spiro atoms. The van der Waals surface area contributed by atoms with E-state index in [1.165, 1.54) is 6.26 Å². The van der Waals surface area contributed by atoms with Gasteiger partial charge in [-0.25, -0.2) is 0 Å². The van der Waals surface area contributed by atoms with Crippen molar-refractivity contribution < 1.29 is 9.32 Å². The summed E-state index contributed by atoms with van der Waals surface area (Å²) in [6.07, 6.45) is 1.89. The predicted molar refractivity (Wildman–Crippen MR) is 35.9 cm³/mol. The monoisotopic (exact) mass is 139 g/mol. The second-order valence-corrected chi connectivity index (χ2v) is 2.09. The van der Waals surface area contributed by atoms with Crippen molar-refractivity contribution in [1.82, 2.24) is 5.16 Å². The van der Waals surface area contributed by atoms with Gasteiger partial charge in [0, 0.05) is 6.42 Å². The molecule has 0 aliphatic carbocycles. The van der Waals surface area contributed by atoms with Gasteiger partial charge in [-0.3, -0.25) is 4.79 Å². The van der Waals surface area contributed by atoms with E-state index in [9.17, 15) is 4.79 Å². The molecule has 0 bridgehead atoms. The van der Waals surface area contributed by atoms with Gasteiger partial charge >= 0.3 is 0 Å². The molecule has 0 fully saturated rings. The quantitative estimate of drug-likeness (QED) is 0.584. The Bertz CT molecular complexity index is 240. The molecule has 1 rings (SSSR count). The average Bonchev–Trinajstić information content (AvgIpc) is 2.34. The second kappa shape index (κ2) is 2.64. The van der Waals surface area contributed by atoms with Crippen LogP contribution in [0.2, 0.25) is 0 Å². The van der Waals surface area contributed by atoms with Gasteiger partial charge in [-0.1, -0.05) is 12.1 Å². The maximum absolute atomic E-state index is 11.0. The number of rotatable bonds is 2. The van der Waals surface area contributed by atoms with Gasteiger partial charge in [0.05, 0.1) is 11.3 Å². The molecule has 0 N–H and O–H groups in total. The molecule has 0 radical (unpaired) electrons. The van der Waals surface area contributed by atoms with Crippen LogP contribution >= 0.6 is 0 Å². The van der Waals surface area contributed by atoms with Crippen LogP contribution in [0.15, 0.2) is 10.8 Å². The van der Waals surface area contributed by atoms with Gasteiger partial charge in [-0.2, -0.15) is 0 Å². The molecule has 0 aliphatic rings. The highest BCUT2D eigenvalue weighted by Gasteiger charge is 2.09. The number of carbonyl (C=O) groups excluding carboxylic acids is 1. The number of carbonyl (C=O) groups is 1. The summed E-state index contributed by atoms with van der Waals surface area (Å²) in [4.78, 5) is 11.0. The zero-order valence-electron chi connectivity index (χ0n) is 6.05. The fourth-order valence-corrected chi connectivity index (χ4v) is 0.751. The van der Waals surface area contributed by atoms with E-state index < -0.39 is 0 Å². The molecule has 0 atom stereocenters. The summed E-state index contributed by atoms with van der Waals surface area (Å²) in [5.74, 6) is 0.0822. The summed E-state index contributed by atoms with van der Waals surface area (Å²) in [6.45, 7) is 3.57. The molecular weight excluding hydrogens is 130 g/mol. The molecule has 0 aromatic carbocycles. The van der Waals surface area contributed by atoms with Crippen molar-refractivity contribution in [3.63, 3.8) is 0 Å². The summed E-state index contributed by atoms with van der Waals surface area (Å²) in [7, 11) is 0. The van der Waals surface area contributed by atoms with Crippen LogP contribution in [0.25, 0.3) is 0 Å². The Labute approximate surface area is 59.0 Å². The van der Waals surface area contributed by atoms with Crippen LogP contribution < -0.4 is 0 Å². The summed E-state index contributed by atoms with van der Waals surface area (Å²) >= 11 is 0. The number of nitrogens with zero attached hydrogens (tertiary/aromatic N) is 1. The van der Waals surface area contributed by atoms with Crippen LogP contribution in [0.5, 0.6) is 0 Å². The van der Waals surface area contributed by atoms with Crippen molar-refractivity contribution in [3.8, 4) is 0 Å². The molecule has 3 heteroatoms. The summed E-state index contributed by atoms with van der Waals surface area (Å²) in [5.41, 5.74) is 1.27. The Morgan fingerprint density at radius 1 is 1.80 bits per heavy atom. The lowest BCUT2D eigenvalue weighted by Crippen LogP contribution is -1.96. The van der Waals surface area contributed by atoms with Crippen molar-refractivity contribution in [3.05, 3.63) is 17.5 Å². The molecule has 0 saturated heterocycles. The number of hydrogen-bond donors (Lipinski definition) is 0. The third-order valence-corrected chi connectivity index (χ3v) is 1.37. The smallest absolute Gasteiger partial charge is 0.167 e. The van der Waals surface area contributed by atoms with E-state index in [0.717, 1.165) is 0 Å². The highest BCUT2D eigenvalue weighted by Crippen LogP contribution is 2.06. The van der Waals surface area contributed by atoms with E-state index in [0.29, 0.717) is 17.7 Å². The number of ketones is 1. The lowest BCUT2D eigenvalue weighted by atomic mass is 10.1. The zero-order chi connectivity index (χ0) is 7.56. The van der Waals surface area contributed by atoms with Crippen molar-refractivity contribution in [2.45, 2.75) is 20.3 Å². The Hall–Kier alpha value is -1.12. The summed E-state index contributed by atoms with van der Waals surface area (Å²) in [5, 5.41) is 3.59. The standard InChI is InChI=1S/C7H9NO2/c1-3-7(9)6-4-10-8-5(6)2/h4H,3H2,1-2H3. The van der Waals surface area contributed by atoms with Gasteiger partial charge in [-0.15, -0.1) is 0 Å². The van der Waals surface area contributed by atoms with E-state index in [4.69, 9.17) is 0 Å². The third-order valence-electron chi connectivity index (χ3n) is 1.37. The molecule has 0 aliphatic heterocycles. The van der Waals surface area contributed by atoms with Crippen molar-refractivity contribution in [1.29, 1.82) is 0 Å². The molecule has 10 heavy (non-hydrogen) atoms. The molecule has 3 nitrogen and oxygen atoms in total. The lowest BCUT2D eigenvalue weighted by Gasteiger charge is -1.88. The SMILES string of the molecule is CCC(=O)c1conc1C. The maximum atomic E-state index is 11.0. The topological polar surface area (TPSA) is 43.1 Å². The van der Waals surface area contributed by atoms with Crippen LogP contribution in [-0.4, -0.2) is 10.9 Å². The number of aromatic nitrogens is 1. The molecular formula is C7H9NO2. The van der Waals surface area contributed by atoms with Crippen molar-refractivity contribution >= 4 is 5.78 Å². The molecule has 0 unspecified atom stereocenters. The van der Waals surface area contributed by atoms with Crippen LogP contribution in [0.1, 0.15) is 29.4 Å². The van der Waals surface area contributed by atoms with Gasteiger partial charge in [0.1, 0.15) is 6.26 Å². The Morgan fingerprint density at radius 3 is 2.90 bits per heavy atom. The Balaban J connectivity index is 2.93. The van der Waals surface area contributed by atoms with Gasteiger partial charge in [0.25, 0.3) is 0 Å². The minimum absolute atomic E-state index is 0.0822. The van der Waals surface area contributed by atoms with Crippen LogP contribution in [0.3, 0.4) is 0 Å². The second-order valence-electron chi connectivity index (χ2n) is 2.09. The fourth-order valence-electron chi connectivity index (χ4n) is 0.751. The minimum atomic E-state index is 0.0822. The first-order valence-corrected chi connectivity index (χ1v) is 3.20. The predicted octanol–water partition coefficient (Wildman–Crippen LogP) is 1.58. The van der Waals surface area contributed by atoms with Gasteiger partial charge in [0.15, 0.2) is 5.78 Å². The molecule has 1 aromatic rings. The maximum Gasteiger partial charge on any atom is 0.167 e. The highest BCUT2D eigenvalue weighted by atomic mass is 16.5. The molecule has 1 heterocycles. The highest BCUT2D eigenvalue weighted by molar-refractivity contribution is 5.96. The third kappa shape index (κ3) is 1.07. The average molecular weight is 139 g/mol. The summed E-state index contributed by atoms with van der Waals surface area (Å²) in [6, 6.07) is 0. The first-order valence-electron chi connectivity index (χ1n) is 3.20. The Morgan fingerprint density at radius 2 is 2.50 bits per heavy atom. The number of Topliss-reactive ketones (excluding diaryl/α,β-unsaturated/α-hetero) is 1. The zero-order valence-corrected chi connectivity index (χ0v) is 6.05. The first-order chi connectivity index (χ1) is 4.75. The van der Waals surface area contributed by atoms with E-state index in [1.807, 2.05) is 6.92 Å². The van der Waals surface area contributed by atoms with Crippen LogP contribution in [-0.2, 0) is 0 Å². The van der Waals surface area contributed by atoms with E-state index in [1.54, 1.807) is 6.92 Å². The fraction of sp³-hybridized carbons (Fsp3) is 0.429. The molecule has 54 valence electrons. The van der Waals surface area contributed by atoms with Gasteiger partial charge in [-0.05, 0) is 6.92 Å².